The molecule has 0 saturated heterocycles. The van der Waals surface area contributed by atoms with Gasteiger partial charge in [0.25, 0.3) is 11.6 Å². The van der Waals surface area contributed by atoms with Gasteiger partial charge in [0.15, 0.2) is 0 Å². The highest BCUT2D eigenvalue weighted by molar-refractivity contribution is 6.30. The third kappa shape index (κ3) is 3.35. The predicted molar refractivity (Wildman–Crippen MR) is 77.2 cm³/mol. The van der Waals surface area contributed by atoms with E-state index in [4.69, 9.17) is 11.6 Å². The van der Waals surface area contributed by atoms with Crippen LogP contribution in [0.1, 0.15) is 15.9 Å². The Bertz CT molecular complexity index is 734. The number of benzene rings is 2. The summed E-state index contributed by atoms with van der Waals surface area (Å²) < 4.78 is 13.7. The van der Waals surface area contributed by atoms with Crippen LogP contribution < -0.4 is 5.32 Å². The van der Waals surface area contributed by atoms with Crippen LogP contribution in [0.15, 0.2) is 36.4 Å². The topological polar surface area (TPSA) is 72.2 Å². The molecule has 2 aromatic carbocycles. The first-order valence-corrected chi connectivity index (χ1v) is 6.27. The zero-order chi connectivity index (χ0) is 15.6. The number of amides is 1. The van der Waals surface area contributed by atoms with E-state index in [1.165, 1.54) is 13.0 Å². The lowest BCUT2D eigenvalue weighted by Crippen LogP contribution is -2.13. The van der Waals surface area contributed by atoms with E-state index in [0.717, 1.165) is 12.1 Å². The molecule has 0 heterocycles. The van der Waals surface area contributed by atoms with E-state index < -0.39 is 22.3 Å². The minimum atomic E-state index is -0.805. The van der Waals surface area contributed by atoms with Crippen molar-refractivity contribution >= 4 is 28.9 Å². The Balaban J connectivity index is 2.33. The van der Waals surface area contributed by atoms with Crippen molar-refractivity contribution in [2.45, 2.75) is 6.92 Å². The Morgan fingerprint density at radius 3 is 2.67 bits per heavy atom. The van der Waals surface area contributed by atoms with Crippen molar-refractivity contribution in [1.29, 1.82) is 0 Å². The molecule has 0 aliphatic carbocycles. The summed E-state index contributed by atoms with van der Waals surface area (Å²) in [6, 6.07) is 8.38. The lowest BCUT2D eigenvalue weighted by atomic mass is 10.1. The fourth-order valence-electron chi connectivity index (χ4n) is 1.75. The largest absolute Gasteiger partial charge is 0.322 e. The molecular weight excluding hydrogens is 299 g/mol. The van der Waals surface area contributed by atoms with Crippen molar-refractivity contribution in [2.75, 3.05) is 5.32 Å². The number of halogens is 2. The number of carbonyl (C=O) groups excluding carboxylic acids is 1. The maximum Gasteiger partial charge on any atom is 0.276 e. The van der Waals surface area contributed by atoms with E-state index in [9.17, 15) is 19.3 Å². The summed E-state index contributed by atoms with van der Waals surface area (Å²) in [5, 5.41) is 13.8. The molecule has 0 saturated carbocycles. The van der Waals surface area contributed by atoms with Gasteiger partial charge in [0.05, 0.1) is 10.5 Å². The molecule has 0 aliphatic rings. The van der Waals surface area contributed by atoms with Gasteiger partial charge in [-0.1, -0.05) is 17.7 Å². The van der Waals surface area contributed by atoms with E-state index in [1.807, 2.05) is 0 Å². The third-order valence-corrected chi connectivity index (χ3v) is 3.09. The average molecular weight is 309 g/mol. The first kappa shape index (κ1) is 14.9. The molecule has 0 atom stereocenters. The molecule has 108 valence electrons. The predicted octanol–water partition coefficient (Wildman–Crippen LogP) is 3.95. The van der Waals surface area contributed by atoms with Gasteiger partial charge >= 0.3 is 0 Å². The first-order chi connectivity index (χ1) is 9.88. The number of nitro benzene ring substituents is 1. The van der Waals surface area contributed by atoms with Crippen LogP contribution in [0.5, 0.6) is 0 Å². The van der Waals surface area contributed by atoms with E-state index in [2.05, 4.69) is 5.32 Å². The maximum atomic E-state index is 13.7. The lowest BCUT2D eigenvalue weighted by molar-refractivity contribution is -0.385. The fourth-order valence-corrected chi connectivity index (χ4v) is 1.94. The molecule has 1 N–H and O–H groups in total. The van der Waals surface area contributed by atoms with Crippen LogP contribution in [0.25, 0.3) is 0 Å². The van der Waals surface area contributed by atoms with Gasteiger partial charge in [-0.3, -0.25) is 14.9 Å². The Labute approximate surface area is 124 Å². The quantitative estimate of drug-likeness (QED) is 0.689. The Morgan fingerprint density at radius 1 is 1.33 bits per heavy atom. The Morgan fingerprint density at radius 2 is 2.05 bits per heavy atom. The fraction of sp³-hybridized carbons (Fsp3) is 0.0714. The SMILES string of the molecule is Cc1c(F)cc(C(=O)Nc2cccc(Cl)c2)cc1[N+](=O)[O-]. The molecule has 0 bridgehead atoms. The van der Waals surface area contributed by atoms with Crippen LogP contribution in [0.3, 0.4) is 0 Å². The smallest absolute Gasteiger partial charge is 0.276 e. The van der Waals surface area contributed by atoms with Crippen LogP contribution in [0.2, 0.25) is 5.02 Å². The summed E-state index contributed by atoms with van der Waals surface area (Å²) in [4.78, 5) is 22.1. The van der Waals surface area contributed by atoms with E-state index in [0.29, 0.717) is 10.7 Å². The highest BCUT2D eigenvalue weighted by atomic mass is 35.5. The summed E-state index contributed by atoms with van der Waals surface area (Å²) in [6.45, 7) is 1.28. The van der Waals surface area contributed by atoms with E-state index >= 15 is 0 Å². The second-order valence-corrected chi connectivity index (χ2v) is 4.76. The number of nitrogens with one attached hydrogen (secondary N) is 1. The van der Waals surface area contributed by atoms with Crippen LogP contribution in [0.4, 0.5) is 15.8 Å². The minimum Gasteiger partial charge on any atom is -0.322 e. The van der Waals surface area contributed by atoms with Gasteiger partial charge in [-0.05, 0) is 31.2 Å². The van der Waals surface area contributed by atoms with Crippen molar-refractivity contribution in [3.8, 4) is 0 Å². The van der Waals surface area contributed by atoms with Gasteiger partial charge in [0.1, 0.15) is 5.82 Å². The minimum absolute atomic E-state index is 0.112. The van der Waals surface area contributed by atoms with Gasteiger partial charge in [-0.15, -0.1) is 0 Å². The van der Waals surface area contributed by atoms with Crippen molar-refractivity contribution in [2.24, 2.45) is 0 Å². The standard InChI is InChI=1S/C14H10ClFN2O3/c1-8-12(16)5-9(6-13(8)18(20)21)14(19)17-11-4-2-3-10(15)7-11/h2-7H,1H3,(H,17,19). The summed E-state index contributed by atoms with van der Waals surface area (Å²) in [5.41, 5.74) is -0.272. The molecule has 7 heteroatoms. The molecule has 0 aliphatic heterocycles. The van der Waals surface area contributed by atoms with Crippen LogP contribution >= 0.6 is 11.6 Å². The summed E-state index contributed by atoms with van der Waals surface area (Å²) in [6.07, 6.45) is 0. The monoisotopic (exact) mass is 308 g/mol. The summed E-state index contributed by atoms with van der Waals surface area (Å²) >= 11 is 5.79. The molecule has 1 amide bonds. The molecule has 0 radical (unpaired) electrons. The summed E-state index contributed by atoms with van der Waals surface area (Å²) in [5.74, 6) is -1.46. The summed E-state index contributed by atoms with van der Waals surface area (Å²) in [7, 11) is 0. The number of hydrogen-bond donors (Lipinski definition) is 1. The van der Waals surface area contributed by atoms with Gasteiger partial charge in [-0.2, -0.15) is 0 Å². The second-order valence-electron chi connectivity index (χ2n) is 4.32. The van der Waals surface area contributed by atoms with Crippen molar-refractivity contribution in [3.63, 3.8) is 0 Å². The molecule has 21 heavy (non-hydrogen) atoms. The first-order valence-electron chi connectivity index (χ1n) is 5.90. The second kappa shape index (κ2) is 5.88. The van der Waals surface area contributed by atoms with Crippen molar-refractivity contribution < 1.29 is 14.1 Å². The van der Waals surface area contributed by atoms with Crippen LogP contribution in [-0.2, 0) is 0 Å². The highest BCUT2D eigenvalue weighted by Crippen LogP contribution is 2.23. The van der Waals surface area contributed by atoms with Gasteiger partial charge in [0, 0.05) is 22.3 Å². The molecule has 5 nitrogen and oxygen atoms in total. The number of rotatable bonds is 3. The molecule has 0 spiro atoms. The third-order valence-electron chi connectivity index (χ3n) is 2.86. The molecular formula is C14H10ClFN2O3. The van der Waals surface area contributed by atoms with E-state index in [1.54, 1.807) is 18.2 Å². The van der Waals surface area contributed by atoms with Crippen molar-refractivity contribution in [3.05, 3.63) is 68.5 Å². The average Bonchev–Trinajstić information content (AvgIpc) is 2.41. The molecule has 0 fully saturated rings. The van der Waals surface area contributed by atoms with Gasteiger partial charge < -0.3 is 5.32 Å². The maximum absolute atomic E-state index is 13.7. The number of nitro groups is 1. The van der Waals surface area contributed by atoms with Crippen LogP contribution in [0, 0.1) is 22.9 Å². The van der Waals surface area contributed by atoms with Gasteiger partial charge in [0.2, 0.25) is 0 Å². The number of hydrogen-bond acceptors (Lipinski definition) is 3. The Kier molecular flexibility index (Phi) is 4.18. The molecule has 2 aromatic rings. The zero-order valence-electron chi connectivity index (χ0n) is 10.9. The lowest BCUT2D eigenvalue weighted by Gasteiger charge is -2.07. The normalized spacial score (nSPS) is 10.2. The molecule has 0 unspecified atom stereocenters. The van der Waals surface area contributed by atoms with Gasteiger partial charge in [-0.25, -0.2) is 4.39 Å². The Hall–Kier alpha value is -2.47. The number of nitrogens with zero attached hydrogens (tertiary/aromatic N) is 1. The highest BCUT2D eigenvalue weighted by Gasteiger charge is 2.19. The van der Waals surface area contributed by atoms with Crippen molar-refractivity contribution in [1.82, 2.24) is 0 Å². The number of anilines is 1. The molecule has 0 aromatic heterocycles. The van der Waals surface area contributed by atoms with E-state index in [-0.39, 0.29) is 11.1 Å². The number of carbonyl (C=O) groups is 1. The zero-order valence-corrected chi connectivity index (χ0v) is 11.6. The molecule has 2 rings (SSSR count). The van der Waals surface area contributed by atoms with Crippen LogP contribution in [-0.4, -0.2) is 10.8 Å².